The highest BCUT2D eigenvalue weighted by atomic mass is 35.5. The van der Waals surface area contributed by atoms with E-state index in [0.717, 1.165) is 18.0 Å². The summed E-state index contributed by atoms with van der Waals surface area (Å²) >= 11 is 5.75. The molecule has 0 saturated heterocycles. The maximum Gasteiger partial charge on any atom is 0.249 e. The first kappa shape index (κ1) is 20.9. The maximum atomic E-state index is 11.1. The van der Waals surface area contributed by atoms with E-state index in [0.29, 0.717) is 11.1 Å². The van der Waals surface area contributed by atoms with Gasteiger partial charge in [0.1, 0.15) is 5.15 Å². The van der Waals surface area contributed by atoms with Crippen LogP contribution in [0.4, 0.5) is 0 Å². The van der Waals surface area contributed by atoms with E-state index in [-0.39, 0.29) is 5.15 Å². The number of allylic oxidation sites excluding steroid dienone is 2. The molecule has 1 aliphatic carbocycles. The Kier molecular flexibility index (Phi) is 7.77. The zero-order valence-electron chi connectivity index (χ0n) is 15.7. The van der Waals surface area contributed by atoms with E-state index in [1.807, 2.05) is 30.4 Å². The van der Waals surface area contributed by atoms with Crippen molar-refractivity contribution in [3.63, 3.8) is 0 Å². The number of hydrogen-bond acceptors (Lipinski definition) is 3. The molecule has 3 rings (SSSR count). The van der Waals surface area contributed by atoms with Crippen molar-refractivity contribution in [3.8, 4) is 0 Å². The number of hydrogen-bond donors (Lipinski definition) is 1. The molecule has 0 aliphatic heterocycles. The monoisotopic (exact) mass is 383 g/mol. The highest BCUT2D eigenvalue weighted by Crippen LogP contribution is 2.24. The van der Waals surface area contributed by atoms with Crippen LogP contribution in [0.1, 0.15) is 29.6 Å². The molecule has 0 radical (unpaired) electrons. The standard InChI is InChI=1S/C12H19N.C10H7ClN2O/c1-4-7-11(5-2)10-13(3)12-8-6-9-12;11-9-5-7(10(12)14)6-3-1-2-4-8(6)13-9/h4-5,7,12H,1-2,6,8-10H2,3H3;1-5H,(H2,12,14)/b11-7+;. The van der Waals surface area contributed by atoms with E-state index in [1.54, 1.807) is 12.1 Å². The number of para-hydroxylation sites is 1. The van der Waals surface area contributed by atoms with Crippen LogP contribution in [-0.2, 0) is 0 Å². The Balaban J connectivity index is 0.000000194. The van der Waals surface area contributed by atoms with Gasteiger partial charge in [-0.15, -0.1) is 0 Å². The lowest BCUT2D eigenvalue weighted by molar-refractivity contribution is 0.100. The number of carbonyl (C=O) groups excluding carboxylic acids is 1. The molecule has 1 amide bonds. The number of amides is 1. The predicted octanol–water partition coefficient (Wildman–Crippen LogP) is 4.76. The van der Waals surface area contributed by atoms with Crippen molar-refractivity contribution in [2.75, 3.05) is 13.6 Å². The van der Waals surface area contributed by atoms with Crippen LogP contribution in [0.3, 0.4) is 0 Å². The zero-order chi connectivity index (χ0) is 19.8. The third-order valence-corrected chi connectivity index (χ3v) is 4.87. The molecule has 1 saturated carbocycles. The number of nitrogens with zero attached hydrogens (tertiary/aromatic N) is 2. The molecule has 1 heterocycles. The van der Waals surface area contributed by atoms with Crippen LogP contribution >= 0.6 is 11.6 Å². The highest BCUT2D eigenvalue weighted by Gasteiger charge is 2.21. The second-order valence-corrected chi connectivity index (χ2v) is 6.94. The summed E-state index contributed by atoms with van der Waals surface area (Å²) in [6.45, 7) is 8.49. The Morgan fingerprint density at radius 2 is 2.07 bits per heavy atom. The van der Waals surface area contributed by atoms with Gasteiger partial charge < -0.3 is 5.73 Å². The first-order chi connectivity index (χ1) is 13.0. The quantitative estimate of drug-likeness (QED) is 0.578. The average molecular weight is 384 g/mol. The van der Waals surface area contributed by atoms with E-state index in [1.165, 1.54) is 30.9 Å². The van der Waals surface area contributed by atoms with Gasteiger partial charge in [-0.3, -0.25) is 9.69 Å². The number of rotatable bonds is 6. The molecule has 0 spiro atoms. The second kappa shape index (κ2) is 10.0. The Morgan fingerprint density at radius 3 is 2.63 bits per heavy atom. The molecule has 4 nitrogen and oxygen atoms in total. The molecule has 2 aromatic rings. The largest absolute Gasteiger partial charge is 0.366 e. The second-order valence-electron chi connectivity index (χ2n) is 6.56. The van der Waals surface area contributed by atoms with Crippen molar-refractivity contribution in [3.05, 3.63) is 78.0 Å². The topological polar surface area (TPSA) is 59.2 Å². The van der Waals surface area contributed by atoms with Crippen molar-refractivity contribution >= 4 is 28.4 Å². The molecule has 1 aromatic carbocycles. The van der Waals surface area contributed by atoms with E-state index < -0.39 is 5.91 Å². The molecular formula is C22H26ClN3O. The summed E-state index contributed by atoms with van der Waals surface area (Å²) < 4.78 is 0. The minimum atomic E-state index is -0.495. The van der Waals surface area contributed by atoms with E-state index in [2.05, 4.69) is 30.1 Å². The number of fused-ring (bicyclic) bond motifs is 1. The van der Waals surface area contributed by atoms with Crippen molar-refractivity contribution in [1.82, 2.24) is 9.88 Å². The Hall–Kier alpha value is -2.43. The zero-order valence-corrected chi connectivity index (χ0v) is 16.5. The van der Waals surface area contributed by atoms with Gasteiger partial charge in [0.15, 0.2) is 0 Å². The summed E-state index contributed by atoms with van der Waals surface area (Å²) in [5, 5.41) is 1.00. The first-order valence-corrected chi connectivity index (χ1v) is 9.33. The number of likely N-dealkylation sites (N-methyl/N-ethyl adjacent to an activating group) is 1. The highest BCUT2D eigenvalue weighted by molar-refractivity contribution is 6.30. The van der Waals surface area contributed by atoms with Crippen molar-refractivity contribution in [2.45, 2.75) is 25.3 Å². The third-order valence-electron chi connectivity index (χ3n) is 4.67. The first-order valence-electron chi connectivity index (χ1n) is 8.95. The van der Waals surface area contributed by atoms with Gasteiger partial charge >= 0.3 is 0 Å². The fourth-order valence-electron chi connectivity index (χ4n) is 2.93. The molecule has 1 aromatic heterocycles. The summed E-state index contributed by atoms with van der Waals surface area (Å²) in [6, 6.07) is 9.51. The summed E-state index contributed by atoms with van der Waals surface area (Å²) in [5.41, 5.74) is 7.56. The smallest absolute Gasteiger partial charge is 0.249 e. The Morgan fingerprint density at radius 1 is 1.37 bits per heavy atom. The number of aromatic nitrogens is 1. The summed E-state index contributed by atoms with van der Waals surface area (Å²) in [4.78, 5) is 17.6. The lowest BCUT2D eigenvalue weighted by Crippen LogP contribution is -2.38. The third kappa shape index (κ3) is 5.78. The van der Waals surface area contributed by atoms with E-state index in [9.17, 15) is 4.79 Å². The van der Waals surface area contributed by atoms with Crippen molar-refractivity contribution in [1.29, 1.82) is 0 Å². The summed E-state index contributed by atoms with van der Waals surface area (Å²) in [7, 11) is 2.18. The SMILES string of the molecule is C=C/C=C(\C=C)CN(C)C1CCC1.NC(=O)c1cc(Cl)nc2ccccc12. The Bertz CT molecular complexity index is 856. The van der Waals surface area contributed by atoms with Crippen LogP contribution < -0.4 is 5.73 Å². The molecule has 27 heavy (non-hydrogen) atoms. The van der Waals surface area contributed by atoms with Gasteiger partial charge in [0, 0.05) is 18.0 Å². The molecule has 0 bridgehead atoms. The van der Waals surface area contributed by atoms with Crippen LogP contribution in [0.2, 0.25) is 5.15 Å². The number of pyridine rings is 1. The molecule has 5 heteroatoms. The number of halogens is 1. The fourth-order valence-corrected chi connectivity index (χ4v) is 3.13. The Labute approximate surface area is 166 Å². The number of carbonyl (C=O) groups is 1. The van der Waals surface area contributed by atoms with Gasteiger partial charge in [0.25, 0.3) is 0 Å². The van der Waals surface area contributed by atoms with Gasteiger partial charge in [-0.05, 0) is 37.6 Å². The van der Waals surface area contributed by atoms with Gasteiger partial charge in [-0.2, -0.15) is 0 Å². The molecule has 1 aliphatic rings. The lowest BCUT2D eigenvalue weighted by Gasteiger charge is -2.34. The van der Waals surface area contributed by atoms with Crippen molar-refractivity contribution in [2.24, 2.45) is 5.73 Å². The molecule has 2 N–H and O–H groups in total. The van der Waals surface area contributed by atoms with E-state index in [4.69, 9.17) is 17.3 Å². The normalized spacial score (nSPS) is 14.3. The molecule has 0 unspecified atom stereocenters. The van der Waals surface area contributed by atoms with Crippen LogP contribution in [0.5, 0.6) is 0 Å². The van der Waals surface area contributed by atoms with Gasteiger partial charge in [0.05, 0.1) is 11.1 Å². The van der Waals surface area contributed by atoms with Crippen LogP contribution in [0.25, 0.3) is 10.9 Å². The van der Waals surface area contributed by atoms with Gasteiger partial charge in [0.2, 0.25) is 5.91 Å². The molecule has 0 atom stereocenters. The minimum Gasteiger partial charge on any atom is -0.366 e. The fraction of sp³-hybridized carbons (Fsp3) is 0.273. The molecular weight excluding hydrogens is 358 g/mol. The lowest BCUT2D eigenvalue weighted by atomic mass is 9.91. The molecule has 142 valence electrons. The van der Waals surface area contributed by atoms with Gasteiger partial charge in [-0.25, -0.2) is 4.98 Å². The number of nitrogens with two attached hydrogens (primary N) is 1. The molecule has 1 fully saturated rings. The minimum absolute atomic E-state index is 0.275. The van der Waals surface area contributed by atoms with Gasteiger partial charge in [-0.1, -0.05) is 67.6 Å². The maximum absolute atomic E-state index is 11.1. The number of primary amides is 1. The number of benzene rings is 1. The van der Waals surface area contributed by atoms with Crippen LogP contribution in [-0.4, -0.2) is 35.4 Å². The summed E-state index contributed by atoms with van der Waals surface area (Å²) in [5.74, 6) is -0.495. The van der Waals surface area contributed by atoms with Crippen LogP contribution in [0.15, 0.2) is 67.3 Å². The van der Waals surface area contributed by atoms with Crippen molar-refractivity contribution < 1.29 is 4.79 Å². The predicted molar refractivity (Wildman–Crippen MR) is 114 cm³/mol. The average Bonchev–Trinajstić information content (AvgIpc) is 2.59. The van der Waals surface area contributed by atoms with Crippen LogP contribution in [0, 0.1) is 0 Å². The summed E-state index contributed by atoms with van der Waals surface area (Å²) in [6.07, 6.45) is 9.87. The van der Waals surface area contributed by atoms with E-state index >= 15 is 0 Å².